The number of pyridine rings is 1. The fourth-order valence-corrected chi connectivity index (χ4v) is 7.50. The van der Waals surface area contributed by atoms with Crippen LogP contribution in [0.15, 0.2) is 42.6 Å². The first-order chi connectivity index (χ1) is 20.1. The predicted molar refractivity (Wildman–Crippen MR) is 168 cm³/mol. The summed E-state index contributed by atoms with van der Waals surface area (Å²) in [6.07, 6.45) is 7.57. The molecule has 0 bridgehead atoms. The lowest BCUT2D eigenvalue weighted by Crippen LogP contribution is -2.54. The topological polar surface area (TPSA) is 78.4 Å². The molecule has 2 aromatic heterocycles. The summed E-state index contributed by atoms with van der Waals surface area (Å²) in [6, 6.07) is 13.3. The summed E-state index contributed by atoms with van der Waals surface area (Å²) in [5.74, 6) is 3.12. The zero-order valence-electron chi connectivity index (χ0n) is 26.0. The van der Waals surface area contributed by atoms with Crippen LogP contribution in [0, 0.1) is 6.92 Å². The Kier molecular flexibility index (Phi) is 6.60. The van der Waals surface area contributed by atoms with Crippen LogP contribution in [0.2, 0.25) is 0 Å². The molecule has 2 saturated heterocycles. The van der Waals surface area contributed by atoms with Crippen molar-refractivity contribution in [2.24, 2.45) is 0 Å². The Labute approximate surface area is 250 Å². The van der Waals surface area contributed by atoms with Crippen LogP contribution in [0.3, 0.4) is 0 Å². The molecule has 3 aliphatic heterocycles. The van der Waals surface area contributed by atoms with Crippen molar-refractivity contribution in [2.75, 3.05) is 44.0 Å². The fourth-order valence-electron chi connectivity index (χ4n) is 7.50. The van der Waals surface area contributed by atoms with Gasteiger partial charge in [-0.1, -0.05) is 19.1 Å². The van der Waals surface area contributed by atoms with Crippen LogP contribution in [-0.4, -0.2) is 65.3 Å². The summed E-state index contributed by atoms with van der Waals surface area (Å²) in [5.41, 5.74) is 5.59. The van der Waals surface area contributed by atoms with Gasteiger partial charge in [-0.3, -0.25) is 0 Å². The first-order valence-electron chi connectivity index (χ1n) is 15.6. The van der Waals surface area contributed by atoms with Gasteiger partial charge < -0.3 is 25.2 Å². The van der Waals surface area contributed by atoms with Crippen LogP contribution in [-0.2, 0) is 15.7 Å². The minimum Gasteiger partial charge on any atom is -0.374 e. The Hall–Kier alpha value is -3.07. The zero-order chi connectivity index (χ0) is 29.3. The van der Waals surface area contributed by atoms with Crippen LogP contribution in [0.1, 0.15) is 81.2 Å². The molecule has 8 nitrogen and oxygen atoms in total. The summed E-state index contributed by atoms with van der Waals surface area (Å²) in [7, 11) is 4.26. The number of rotatable bonds is 6. The van der Waals surface area contributed by atoms with Crippen molar-refractivity contribution in [3.8, 4) is 0 Å². The molecule has 8 heteroatoms. The van der Waals surface area contributed by atoms with E-state index in [1.807, 2.05) is 13.2 Å². The third-order valence-corrected chi connectivity index (χ3v) is 10.5. The number of ether oxygens (including phenoxy) is 1. The maximum atomic E-state index is 6.40. The smallest absolute Gasteiger partial charge is 0.229 e. The van der Waals surface area contributed by atoms with Gasteiger partial charge in [0.2, 0.25) is 5.95 Å². The fraction of sp³-hybridized carbons (Fsp3) is 0.559. The third kappa shape index (κ3) is 4.68. The zero-order valence-corrected chi connectivity index (χ0v) is 26.0. The number of hydrogen-bond acceptors (Lipinski definition) is 8. The number of aromatic nitrogens is 3. The number of nitrogens with zero attached hydrogens (tertiary/aromatic N) is 5. The molecule has 222 valence electrons. The number of anilines is 4. The van der Waals surface area contributed by atoms with Crippen molar-refractivity contribution in [1.29, 1.82) is 0 Å². The number of fused-ring (bicyclic) bond motifs is 3. The molecule has 3 fully saturated rings. The van der Waals surface area contributed by atoms with Gasteiger partial charge in [-0.25, -0.2) is 9.97 Å². The number of likely N-dealkylation sites (tertiary alicyclic amines) is 1. The highest BCUT2D eigenvalue weighted by atomic mass is 16.5. The van der Waals surface area contributed by atoms with Gasteiger partial charge in [0.15, 0.2) is 0 Å². The Morgan fingerprint density at radius 2 is 1.81 bits per heavy atom. The Balaban J connectivity index is 1.23. The lowest BCUT2D eigenvalue weighted by molar-refractivity contribution is -0.0893. The molecule has 42 heavy (non-hydrogen) atoms. The van der Waals surface area contributed by atoms with Gasteiger partial charge in [0.05, 0.1) is 29.5 Å². The molecule has 0 spiro atoms. The standard InChI is InChI=1S/C34H45N7O/c1-22-18-24(10-11-25(22)23-12-16-40(6)17-13-23)37-31-36-20-26-30(39-31)41(28-19-32(2,3)42-21-33(26,28)4)29-9-7-8-27(38-29)34(35-5)14-15-34/h7-11,18,20,23,28,35H,12-17,19,21H2,1-6H3,(H,36,37,39)/t28-,33-/m0/s1. The number of aryl methyl sites for hydroxylation is 1. The number of benzene rings is 1. The first kappa shape index (κ1) is 27.7. The lowest BCUT2D eigenvalue weighted by atomic mass is 9.73. The number of nitrogens with one attached hydrogen (secondary N) is 2. The lowest BCUT2D eigenvalue weighted by Gasteiger charge is -2.46. The van der Waals surface area contributed by atoms with Crippen molar-refractivity contribution in [3.63, 3.8) is 0 Å². The second-order valence-corrected chi connectivity index (χ2v) is 14.0. The van der Waals surface area contributed by atoms with Crippen molar-refractivity contribution in [1.82, 2.24) is 25.2 Å². The highest BCUT2D eigenvalue weighted by Crippen LogP contribution is 2.53. The first-order valence-corrected chi connectivity index (χ1v) is 15.6. The summed E-state index contributed by atoms with van der Waals surface area (Å²) in [5, 5.41) is 7.04. The van der Waals surface area contributed by atoms with E-state index < -0.39 is 0 Å². The van der Waals surface area contributed by atoms with Gasteiger partial charge in [0, 0.05) is 22.9 Å². The molecule has 0 unspecified atom stereocenters. The van der Waals surface area contributed by atoms with E-state index in [9.17, 15) is 0 Å². The molecule has 1 aliphatic carbocycles. The molecule has 0 radical (unpaired) electrons. The monoisotopic (exact) mass is 567 g/mol. The van der Waals surface area contributed by atoms with E-state index in [2.05, 4.69) is 91.6 Å². The van der Waals surface area contributed by atoms with Crippen LogP contribution < -0.4 is 15.5 Å². The predicted octanol–water partition coefficient (Wildman–Crippen LogP) is 5.92. The number of hydrogen-bond donors (Lipinski definition) is 2. The van der Waals surface area contributed by atoms with E-state index in [0.29, 0.717) is 18.5 Å². The average molecular weight is 568 g/mol. The summed E-state index contributed by atoms with van der Waals surface area (Å²) in [4.78, 5) is 20.1. The minimum atomic E-state index is -0.230. The Morgan fingerprint density at radius 1 is 1.02 bits per heavy atom. The summed E-state index contributed by atoms with van der Waals surface area (Å²) in [6.45, 7) is 11.9. The SMILES string of the molecule is CNC1(c2cccc(N3c4nc(Nc5ccc(C6CCN(C)CC6)c(C)c5)ncc4[C@]4(C)COC(C)(C)C[C@H]34)n2)CC1. The molecular formula is C34H45N7O. The van der Waals surface area contributed by atoms with E-state index in [4.69, 9.17) is 19.7 Å². The van der Waals surface area contributed by atoms with Crippen molar-refractivity contribution < 1.29 is 4.74 Å². The molecule has 7 rings (SSSR count). The average Bonchev–Trinajstić information content (AvgIpc) is 3.74. The minimum absolute atomic E-state index is 0.00717. The van der Waals surface area contributed by atoms with Crippen molar-refractivity contribution in [3.05, 3.63) is 65.0 Å². The summed E-state index contributed by atoms with van der Waals surface area (Å²) < 4.78 is 6.40. The molecule has 2 N–H and O–H groups in total. The van der Waals surface area contributed by atoms with E-state index in [1.54, 1.807) is 0 Å². The van der Waals surface area contributed by atoms with Crippen LogP contribution in [0.5, 0.6) is 0 Å². The number of piperidine rings is 1. The largest absolute Gasteiger partial charge is 0.374 e. The highest BCUT2D eigenvalue weighted by molar-refractivity contribution is 5.71. The molecule has 0 amide bonds. The highest BCUT2D eigenvalue weighted by Gasteiger charge is 2.55. The molecule has 1 saturated carbocycles. The van der Waals surface area contributed by atoms with E-state index in [0.717, 1.165) is 47.8 Å². The van der Waals surface area contributed by atoms with Crippen molar-refractivity contribution >= 4 is 23.3 Å². The maximum absolute atomic E-state index is 6.40. The summed E-state index contributed by atoms with van der Waals surface area (Å²) >= 11 is 0. The van der Waals surface area contributed by atoms with E-state index in [-0.39, 0.29) is 22.6 Å². The van der Waals surface area contributed by atoms with E-state index in [1.165, 1.54) is 37.1 Å². The maximum Gasteiger partial charge on any atom is 0.229 e. The molecule has 5 heterocycles. The molecule has 3 aromatic rings. The third-order valence-electron chi connectivity index (χ3n) is 10.5. The van der Waals surface area contributed by atoms with Gasteiger partial charge in [0.25, 0.3) is 0 Å². The van der Waals surface area contributed by atoms with Gasteiger partial charge in [0.1, 0.15) is 11.6 Å². The molecule has 2 atom stereocenters. The van der Waals surface area contributed by atoms with Gasteiger partial charge >= 0.3 is 0 Å². The van der Waals surface area contributed by atoms with Crippen LogP contribution in [0.25, 0.3) is 0 Å². The van der Waals surface area contributed by atoms with Gasteiger partial charge in [-0.15, -0.1) is 0 Å². The normalized spacial score (nSPS) is 26.5. The van der Waals surface area contributed by atoms with E-state index >= 15 is 0 Å². The van der Waals surface area contributed by atoms with Crippen molar-refractivity contribution in [2.45, 2.75) is 88.3 Å². The second kappa shape index (κ2) is 10.00. The quantitative estimate of drug-likeness (QED) is 0.380. The van der Waals surface area contributed by atoms with Crippen LogP contribution in [0.4, 0.5) is 23.3 Å². The molecular weight excluding hydrogens is 522 g/mol. The molecule has 1 aromatic carbocycles. The molecule has 4 aliphatic rings. The second-order valence-electron chi connectivity index (χ2n) is 14.0. The Bertz CT molecular complexity index is 1490. The van der Waals surface area contributed by atoms with Gasteiger partial charge in [-0.2, -0.15) is 4.98 Å². The Morgan fingerprint density at radius 3 is 2.52 bits per heavy atom. The van der Waals surface area contributed by atoms with Gasteiger partial charge in [-0.05, 0) is 121 Å². The van der Waals surface area contributed by atoms with Crippen LogP contribution >= 0.6 is 0 Å².